The van der Waals surface area contributed by atoms with Gasteiger partial charge in [0.15, 0.2) is 0 Å². The summed E-state index contributed by atoms with van der Waals surface area (Å²) in [7, 11) is 0. The third kappa shape index (κ3) is 4.40. The van der Waals surface area contributed by atoms with Crippen LogP contribution < -0.4 is 10.9 Å². The lowest BCUT2D eigenvalue weighted by atomic mass is 10.2. The number of fused-ring (bicyclic) bond motifs is 1. The van der Waals surface area contributed by atoms with E-state index < -0.39 is 29.4 Å². The van der Waals surface area contributed by atoms with Gasteiger partial charge in [0.2, 0.25) is 11.6 Å². The summed E-state index contributed by atoms with van der Waals surface area (Å²) in [6, 6.07) is 4.79. The number of hydrogen-bond acceptors (Lipinski definition) is 4. The van der Waals surface area contributed by atoms with Gasteiger partial charge in [0.05, 0.1) is 11.0 Å². The Balaban J connectivity index is 2.36. The topological polar surface area (TPSA) is 73.2 Å². The molecule has 1 amide bonds. The zero-order valence-electron chi connectivity index (χ0n) is 14.5. The van der Waals surface area contributed by atoms with Crippen molar-refractivity contribution in [2.75, 3.05) is 19.8 Å². The van der Waals surface area contributed by atoms with Gasteiger partial charge in [-0.1, -0.05) is 12.1 Å². The van der Waals surface area contributed by atoms with E-state index in [1.807, 2.05) is 6.92 Å². The first-order chi connectivity index (χ1) is 12.3. The molecule has 1 atom stereocenters. The van der Waals surface area contributed by atoms with Gasteiger partial charge in [-0.05, 0) is 32.4 Å². The van der Waals surface area contributed by atoms with E-state index in [-0.39, 0.29) is 11.0 Å². The number of nitrogens with one attached hydrogen (secondary N) is 1. The number of para-hydroxylation sites is 2. The summed E-state index contributed by atoms with van der Waals surface area (Å²) in [6.45, 7) is 4.54. The molecule has 0 saturated heterocycles. The number of benzene rings is 1. The normalized spacial score (nSPS) is 13.0. The van der Waals surface area contributed by atoms with Gasteiger partial charge in [0.25, 0.3) is 5.56 Å². The molecule has 0 aliphatic heterocycles. The Bertz CT molecular complexity index is 833. The zero-order valence-corrected chi connectivity index (χ0v) is 14.5. The molecule has 0 aliphatic carbocycles. The highest BCUT2D eigenvalue weighted by molar-refractivity contribution is 5.83. The van der Waals surface area contributed by atoms with Crippen molar-refractivity contribution in [1.82, 2.24) is 14.9 Å². The van der Waals surface area contributed by atoms with Crippen molar-refractivity contribution in [2.45, 2.75) is 32.5 Å². The number of nitrogens with zero attached hydrogens (tertiary/aromatic N) is 2. The quantitative estimate of drug-likeness (QED) is 0.759. The number of alkyl halides is 3. The molecule has 26 heavy (non-hydrogen) atoms. The van der Waals surface area contributed by atoms with Crippen LogP contribution in [0.15, 0.2) is 29.1 Å². The standard InChI is InChI=1S/C17H20F3N3O3/c1-3-26-10-6-9-21-15(24)11(2)23-13-8-5-4-7-12(13)22-14(16(23)25)17(18,19)20/h4-5,7-8,11H,3,6,9-10H2,1-2H3,(H,21,24)/t11-/m0/s1. The molecule has 1 aromatic heterocycles. The van der Waals surface area contributed by atoms with E-state index in [2.05, 4.69) is 10.3 Å². The number of rotatable bonds is 7. The fourth-order valence-electron chi connectivity index (χ4n) is 2.52. The molecule has 0 bridgehead atoms. The minimum absolute atomic E-state index is 0.00424. The first-order valence-corrected chi connectivity index (χ1v) is 8.21. The maximum atomic E-state index is 13.2. The fraction of sp³-hybridized carbons (Fsp3) is 0.471. The first-order valence-electron chi connectivity index (χ1n) is 8.21. The molecule has 1 N–H and O–H groups in total. The van der Waals surface area contributed by atoms with Crippen LogP contribution in [-0.4, -0.2) is 35.2 Å². The number of aromatic nitrogens is 2. The number of hydrogen-bond donors (Lipinski definition) is 1. The molecule has 9 heteroatoms. The van der Waals surface area contributed by atoms with E-state index in [0.29, 0.717) is 26.2 Å². The van der Waals surface area contributed by atoms with Crippen molar-refractivity contribution < 1.29 is 22.7 Å². The predicted molar refractivity (Wildman–Crippen MR) is 89.8 cm³/mol. The monoisotopic (exact) mass is 371 g/mol. The largest absolute Gasteiger partial charge is 0.438 e. The molecule has 2 aromatic rings. The molecule has 0 unspecified atom stereocenters. The van der Waals surface area contributed by atoms with Crippen LogP contribution in [0.4, 0.5) is 13.2 Å². The average Bonchev–Trinajstić information content (AvgIpc) is 2.59. The second kappa shape index (κ2) is 8.31. The van der Waals surface area contributed by atoms with E-state index in [4.69, 9.17) is 4.74 Å². The van der Waals surface area contributed by atoms with E-state index in [1.165, 1.54) is 25.1 Å². The van der Waals surface area contributed by atoms with Gasteiger partial charge in [-0.3, -0.25) is 14.2 Å². The molecule has 0 saturated carbocycles. The van der Waals surface area contributed by atoms with Gasteiger partial charge in [0.1, 0.15) is 6.04 Å². The lowest BCUT2D eigenvalue weighted by Crippen LogP contribution is -2.39. The summed E-state index contributed by atoms with van der Waals surface area (Å²) < 4.78 is 45.4. The van der Waals surface area contributed by atoms with Crippen molar-refractivity contribution in [1.29, 1.82) is 0 Å². The third-order valence-corrected chi connectivity index (χ3v) is 3.80. The summed E-state index contributed by atoms with van der Waals surface area (Å²) in [5.74, 6) is -0.548. The van der Waals surface area contributed by atoms with Crippen molar-refractivity contribution in [3.63, 3.8) is 0 Å². The third-order valence-electron chi connectivity index (χ3n) is 3.80. The molecule has 0 fully saturated rings. The average molecular weight is 371 g/mol. The van der Waals surface area contributed by atoms with Crippen LogP contribution in [0.3, 0.4) is 0 Å². The number of ether oxygens (including phenoxy) is 1. The highest BCUT2D eigenvalue weighted by Crippen LogP contribution is 2.27. The summed E-state index contributed by atoms with van der Waals surface area (Å²) in [5.41, 5.74) is -2.71. The Morgan fingerprint density at radius 2 is 2.04 bits per heavy atom. The molecule has 0 aliphatic rings. The molecule has 2 rings (SSSR count). The van der Waals surface area contributed by atoms with E-state index in [1.54, 1.807) is 6.07 Å². The van der Waals surface area contributed by atoms with Gasteiger partial charge < -0.3 is 10.1 Å². The maximum absolute atomic E-state index is 13.2. The van der Waals surface area contributed by atoms with Crippen LogP contribution in [0, 0.1) is 0 Å². The number of carbonyl (C=O) groups excluding carboxylic acids is 1. The molecule has 1 aromatic carbocycles. The molecule has 142 valence electrons. The minimum atomic E-state index is -4.91. The summed E-state index contributed by atoms with van der Waals surface area (Å²) in [5, 5.41) is 2.61. The lowest BCUT2D eigenvalue weighted by molar-refractivity contribution is -0.142. The number of amides is 1. The number of halogens is 3. The van der Waals surface area contributed by atoms with Crippen LogP contribution >= 0.6 is 0 Å². The van der Waals surface area contributed by atoms with Crippen LogP contribution in [0.2, 0.25) is 0 Å². The van der Waals surface area contributed by atoms with Gasteiger partial charge in [-0.25, -0.2) is 4.98 Å². The Labute approximate surface area is 148 Å². The zero-order chi connectivity index (χ0) is 19.3. The molecular formula is C17H20F3N3O3. The summed E-state index contributed by atoms with van der Waals surface area (Å²) in [4.78, 5) is 28.1. The molecule has 0 spiro atoms. The van der Waals surface area contributed by atoms with E-state index in [0.717, 1.165) is 4.57 Å². The molecular weight excluding hydrogens is 351 g/mol. The maximum Gasteiger partial charge on any atom is 0.438 e. The Kier molecular flexibility index (Phi) is 6.36. The Morgan fingerprint density at radius 1 is 1.35 bits per heavy atom. The number of carbonyl (C=O) groups is 1. The molecule has 6 nitrogen and oxygen atoms in total. The van der Waals surface area contributed by atoms with Crippen LogP contribution in [-0.2, 0) is 15.7 Å². The molecule has 1 heterocycles. The first kappa shape index (κ1) is 19.9. The second-order valence-electron chi connectivity index (χ2n) is 5.64. The van der Waals surface area contributed by atoms with E-state index in [9.17, 15) is 22.8 Å². The van der Waals surface area contributed by atoms with Crippen molar-refractivity contribution in [3.8, 4) is 0 Å². The highest BCUT2D eigenvalue weighted by atomic mass is 19.4. The van der Waals surface area contributed by atoms with Gasteiger partial charge in [0, 0.05) is 19.8 Å². The fourth-order valence-corrected chi connectivity index (χ4v) is 2.52. The summed E-state index contributed by atoms with van der Waals surface area (Å²) >= 11 is 0. The van der Waals surface area contributed by atoms with E-state index >= 15 is 0 Å². The van der Waals surface area contributed by atoms with Crippen LogP contribution in [0.1, 0.15) is 32.0 Å². The SMILES string of the molecule is CCOCCCNC(=O)[C@H](C)n1c(=O)c(C(F)(F)F)nc2ccccc21. The predicted octanol–water partition coefficient (Wildman–Crippen LogP) is 2.52. The second-order valence-corrected chi connectivity index (χ2v) is 5.64. The lowest BCUT2D eigenvalue weighted by Gasteiger charge is -2.19. The van der Waals surface area contributed by atoms with Gasteiger partial charge in [-0.2, -0.15) is 13.2 Å². The van der Waals surface area contributed by atoms with Crippen molar-refractivity contribution in [2.24, 2.45) is 0 Å². The van der Waals surface area contributed by atoms with Crippen molar-refractivity contribution in [3.05, 3.63) is 40.3 Å². The Morgan fingerprint density at radius 3 is 2.69 bits per heavy atom. The Hall–Kier alpha value is -2.42. The molecule has 0 radical (unpaired) electrons. The minimum Gasteiger partial charge on any atom is -0.382 e. The smallest absolute Gasteiger partial charge is 0.382 e. The van der Waals surface area contributed by atoms with Crippen LogP contribution in [0.25, 0.3) is 11.0 Å². The highest BCUT2D eigenvalue weighted by Gasteiger charge is 2.38. The van der Waals surface area contributed by atoms with Crippen LogP contribution in [0.5, 0.6) is 0 Å². The summed E-state index contributed by atoms with van der Waals surface area (Å²) in [6.07, 6.45) is -4.34. The van der Waals surface area contributed by atoms with Gasteiger partial charge in [-0.15, -0.1) is 0 Å². The van der Waals surface area contributed by atoms with Gasteiger partial charge >= 0.3 is 6.18 Å². The van der Waals surface area contributed by atoms with Crippen molar-refractivity contribution >= 4 is 16.9 Å².